The topological polar surface area (TPSA) is 9.23 Å². The molecule has 3 aromatic rings. The Balaban J connectivity index is 1.95. The van der Waals surface area contributed by atoms with Gasteiger partial charge < -0.3 is 4.74 Å². The summed E-state index contributed by atoms with van der Waals surface area (Å²) >= 11 is 0. The maximum atomic E-state index is 5.27. The van der Waals surface area contributed by atoms with Crippen LogP contribution in [0, 0.1) is 0 Å². The van der Waals surface area contributed by atoms with Gasteiger partial charge in [0, 0.05) is 5.92 Å². The molecule has 0 aromatic heterocycles. The molecule has 0 heterocycles. The molecule has 1 heteroatoms. The molecule has 0 bridgehead atoms. The van der Waals surface area contributed by atoms with Crippen molar-refractivity contribution in [3.8, 4) is 5.75 Å². The Hall–Kier alpha value is -2.54. The fourth-order valence-corrected chi connectivity index (χ4v) is 2.80. The smallest absolute Gasteiger partial charge is 0.118 e. The minimum absolute atomic E-state index is 0.356. The summed E-state index contributed by atoms with van der Waals surface area (Å²) < 4.78 is 5.27. The fourth-order valence-electron chi connectivity index (χ4n) is 2.80. The van der Waals surface area contributed by atoms with E-state index >= 15 is 0 Å². The Morgan fingerprint density at radius 2 is 1.23 bits per heavy atom. The van der Waals surface area contributed by atoms with Gasteiger partial charge in [0.25, 0.3) is 0 Å². The van der Waals surface area contributed by atoms with Crippen LogP contribution in [0.25, 0.3) is 0 Å². The molecule has 0 aliphatic carbocycles. The van der Waals surface area contributed by atoms with Gasteiger partial charge in [-0.25, -0.2) is 0 Å². The fraction of sp³-hybridized carbons (Fsp3) is 0.143. The Labute approximate surface area is 132 Å². The van der Waals surface area contributed by atoms with Crippen LogP contribution in [0.3, 0.4) is 0 Å². The summed E-state index contributed by atoms with van der Waals surface area (Å²) in [5.41, 5.74) is 4.01. The zero-order valence-corrected chi connectivity index (χ0v) is 12.8. The maximum absolute atomic E-state index is 5.27. The third kappa shape index (κ3) is 3.37. The third-order valence-electron chi connectivity index (χ3n) is 4.00. The number of rotatable bonds is 5. The van der Waals surface area contributed by atoms with Gasteiger partial charge in [-0.05, 0) is 35.2 Å². The van der Waals surface area contributed by atoms with Crippen molar-refractivity contribution < 1.29 is 4.74 Å². The predicted octanol–water partition coefficient (Wildman–Crippen LogP) is 5.07. The Morgan fingerprint density at radius 1 is 0.682 bits per heavy atom. The Morgan fingerprint density at radius 3 is 1.82 bits per heavy atom. The highest BCUT2D eigenvalue weighted by molar-refractivity contribution is 5.37. The van der Waals surface area contributed by atoms with E-state index in [4.69, 9.17) is 4.74 Å². The van der Waals surface area contributed by atoms with Gasteiger partial charge in [0.1, 0.15) is 5.75 Å². The molecule has 0 N–H and O–H groups in total. The monoisotopic (exact) mass is 288 g/mol. The average Bonchev–Trinajstić information content (AvgIpc) is 2.61. The molecule has 0 saturated carbocycles. The van der Waals surface area contributed by atoms with Crippen LogP contribution in [0.15, 0.2) is 84.9 Å². The molecular weight excluding hydrogens is 268 g/mol. The van der Waals surface area contributed by atoms with Crippen molar-refractivity contribution in [2.24, 2.45) is 0 Å². The Kier molecular flexibility index (Phi) is 4.55. The van der Waals surface area contributed by atoms with Gasteiger partial charge in [-0.3, -0.25) is 0 Å². The first kappa shape index (κ1) is 14.4. The number of ether oxygens (including phenoxy) is 1. The molecule has 3 rings (SSSR count). The summed E-state index contributed by atoms with van der Waals surface area (Å²) in [6.45, 7) is 0. The first-order valence-corrected chi connectivity index (χ1v) is 7.59. The Bertz CT molecular complexity index is 687. The highest BCUT2D eigenvalue weighted by Gasteiger charge is 2.14. The second kappa shape index (κ2) is 6.95. The van der Waals surface area contributed by atoms with Gasteiger partial charge in [-0.2, -0.15) is 0 Å². The van der Waals surface area contributed by atoms with Gasteiger partial charge in [-0.1, -0.05) is 72.8 Å². The molecule has 0 fully saturated rings. The molecule has 0 aliphatic heterocycles. The zero-order chi connectivity index (χ0) is 15.2. The second-order valence-corrected chi connectivity index (χ2v) is 5.43. The van der Waals surface area contributed by atoms with E-state index in [1.165, 1.54) is 16.7 Å². The zero-order valence-electron chi connectivity index (χ0n) is 12.8. The van der Waals surface area contributed by atoms with E-state index in [-0.39, 0.29) is 0 Å². The summed E-state index contributed by atoms with van der Waals surface area (Å²) in [5.74, 6) is 1.25. The van der Waals surface area contributed by atoms with Crippen molar-refractivity contribution in [3.63, 3.8) is 0 Å². The summed E-state index contributed by atoms with van der Waals surface area (Å²) in [6.07, 6.45) is 0.997. The largest absolute Gasteiger partial charge is 0.497 e. The molecule has 3 aromatic carbocycles. The van der Waals surface area contributed by atoms with Gasteiger partial charge in [0.15, 0.2) is 0 Å². The van der Waals surface area contributed by atoms with Crippen LogP contribution in [-0.2, 0) is 6.42 Å². The highest BCUT2D eigenvalue weighted by Crippen LogP contribution is 2.29. The normalized spacial score (nSPS) is 11.9. The van der Waals surface area contributed by atoms with E-state index in [0.717, 1.165) is 12.2 Å². The van der Waals surface area contributed by atoms with E-state index in [1.807, 2.05) is 12.1 Å². The van der Waals surface area contributed by atoms with Crippen molar-refractivity contribution in [2.75, 3.05) is 7.11 Å². The van der Waals surface area contributed by atoms with Gasteiger partial charge in [-0.15, -0.1) is 0 Å². The molecule has 0 radical (unpaired) electrons. The minimum atomic E-state index is 0.356. The van der Waals surface area contributed by atoms with Crippen LogP contribution >= 0.6 is 0 Å². The quantitative estimate of drug-likeness (QED) is 0.637. The van der Waals surface area contributed by atoms with E-state index < -0.39 is 0 Å². The van der Waals surface area contributed by atoms with E-state index in [9.17, 15) is 0 Å². The third-order valence-corrected chi connectivity index (χ3v) is 4.00. The predicted molar refractivity (Wildman–Crippen MR) is 91.4 cm³/mol. The van der Waals surface area contributed by atoms with Crippen molar-refractivity contribution in [3.05, 3.63) is 102 Å². The van der Waals surface area contributed by atoms with E-state index in [0.29, 0.717) is 5.92 Å². The average molecular weight is 288 g/mol. The molecule has 110 valence electrons. The van der Waals surface area contributed by atoms with Crippen LogP contribution in [0.1, 0.15) is 22.6 Å². The summed E-state index contributed by atoms with van der Waals surface area (Å²) in [6, 6.07) is 29.8. The molecule has 1 atom stereocenters. The number of hydrogen-bond acceptors (Lipinski definition) is 1. The molecule has 22 heavy (non-hydrogen) atoms. The molecule has 1 nitrogen and oxygen atoms in total. The molecule has 0 unspecified atom stereocenters. The van der Waals surface area contributed by atoms with Crippen LogP contribution in [0.5, 0.6) is 5.75 Å². The molecule has 0 aliphatic rings. The van der Waals surface area contributed by atoms with Crippen molar-refractivity contribution in [1.82, 2.24) is 0 Å². The lowest BCUT2D eigenvalue weighted by atomic mass is 9.86. The minimum Gasteiger partial charge on any atom is -0.497 e. The van der Waals surface area contributed by atoms with E-state index in [1.54, 1.807) is 7.11 Å². The SMILES string of the molecule is COc1ccc([C@H](Cc2ccccc2)c2ccccc2)cc1. The van der Waals surface area contributed by atoms with Gasteiger partial charge in [0.05, 0.1) is 7.11 Å². The van der Waals surface area contributed by atoms with Crippen molar-refractivity contribution in [2.45, 2.75) is 12.3 Å². The standard InChI is InChI=1S/C21H20O/c1-22-20-14-12-19(13-15-20)21(18-10-6-3-7-11-18)16-17-8-4-2-5-9-17/h2-15,21H,16H2,1H3/t21-/m1/s1. The van der Waals surface area contributed by atoms with Crippen molar-refractivity contribution in [1.29, 1.82) is 0 Å². The highest BCUT2D eigenvalue weighted by atomic mass is 16.5. The van der Waals surface area contributed by atoms with Gasteiger partial charge >= 0.3 is 0 Å². The van der Waals surface area contributed by atoms with E-state index in [2.05, 4.69) is 72.8 Å². The van der Waals surface area contributed by atoms with Crippen LogP contribution in [0.2, 0.25) is 0 Å². The molecular formula is C21H20O. The lowest BCUT2D eigenvalue weighted by molar-refractivity contribution is 0.414. The van der Waals surface area contributed by atoms with Crippen LogP contribution in [0.4, 0.5) is 0 Å². The second-order valence-electron chi connectivity index (χ2n) is 5.43. The lowest BCUT2D eigenvalue weighted by Gasteiger charge is -2.18. The first-order chi connectivity index (χ1) is 10.9. The lowest BCUT2D eigenvalue weighted by Crippen LogP contribution is -2.05. The van der Waals surface area contributed by atoms with Gasteiger partial charge in [0.2, 0.25) is 0 Å². The van der Waals surface area contributed by atoms with Crippen LogP contribution < -0.4 is 4.74 Å². The van der Waals surface area contributed by atoms with Crippen molar-refractivity contribution >= 4 is 0 Å². The molecule has 0 saturated heterocycles. The summed E-state index contributed by atoms with van der Waals surface area (Å²) in [5, 5.41) is 0. The summed E-state index contributed by atoms with van der Waals surface area (Å²) in [4.78, 5) is 0. The molecule has 0 spiro atoms. The molecule has 0 amide bonds. The number of hydrogen-bond donors (Lipinski definition) is 0. The first-order valence-electron chi connectivity index (χ1n) is 7.59. The van der Waals surface area contributed by atoms with Crippen LogP contribution in [-0.4, -0.2) is 7.11 Å². The number of benzene rings is 3. The number of methoxy groups -OCH3 is 1. The summed E-state index contributed by atoms with van der Waals surface area (Å²) in [7, 11) is 1.70. The maximum Gasteiger partial charge on any atom is 0.118 e.